The lowest BCUT2D eigenvalue weighted by atomic mass is 10.2. The van der Waals surface area contributed by atoms with Gasteiger partial charge in [-0.25, -0.2) is 0 Å². The average molecular weight is 296 g/mol. The molecule has 1 atom stereocenters. The highest BCUT2D eigenvalue weighted by Crippen LogP contribution is 2.28. The molecule has 0 aliphatic rings. The minimum atomic E-state index is -1.83. The third-order valence-electron chi connectivity index (χ3n) is 1.87. The van der Waals surface area contributed by atoms with Crippen molar-refractivity contribution in [3.63, 3.8) is 0 Å². The van der Waals surface area contributed by atoms with Crippen LogP contribution in [-0.4, -0.2) is 22.3 Å². The Morgan fingerprint density at radius 2 is 1.82 bits per heavy atom. The molecule has 1 rings (SSSR count). The van der Waals surface area contributed by atoms with Gasteiger partial charge in [-0.1, -0.05) is 53.0 Å². The Morgan fingerprint density at radius 1 is 1.24 bits per heavy atom. The van der Waals surface area contributed by atoms with Gasteiger partial charge >= 0.3 is 0 Å². The predicted molar refractivity (Wildman–Crippen MR) is 67.2 cm³/mol. The van der Waals surface area contributed by atoms with Crippen LogP contribution >= 0.6 is 34.8 Å². The van der Waals surface area contributed by atoms with Crippen molar-refractivity contribution in [1.29, 1.82) is 0 Å². The first-order chi connectivity index (χ1) is 7.95. The molecule has 0 spiro atoms. The van der Waals surface area contributed by atoms with Gasteiger partial charge in [0.05, 0.1) is 0 Å². The van der Waals surface area contributed by atoms with E-state index in [1.54, 1.807) is 30.3 Å². The largest absolute Gasteiger partial charge is 0.335 e. The van der Waals surface area contributed by atoms with Crippen molar-refractivity contribution < 1.29 is 9.59 Å². The van der Waals surface area contributed by atoms with E-state index in [9.17, 15) is 9.59 Å². The number of hydrogen-bond donors (Lipinski definition) is 2. The topological polar surface area (TPSA) is 58.2 Å². The van der Waals surface area contributed by atoms with Crippen molar-refractivity contribution in [3.8, 4) is 0 Å². The van der Waals surface area contributed by atoms with E-state index in [4.69, 9.17) is 34.8 Å². The van der Waals surface area contributed by atoms with Gasteiger partial charge in [0.15, 0.2) is 0 Å². The Morgan fingerprint density at radius 3 is 2.29 bits per heavy atom. The fraction of sp³-hybridized carbons (Fsp3) is 0.200. The van der Waals surface area contributed by atoms with E-state index in [1.165, 1.54) is 0 Å². The van der Waals surface area contributed by atoms with E-state index in [-0.39, 0.29) is 0 Å². The molecule has 0 aliphatic heterocycles. The second-order valence-corrected chi connectivity index (χ2v) is 5.47. The molecule has 1 aromatic carbocycles. The molecule has 0 saturated carbocycles. The van der Waals surface area contributed by atoms with E-state index in [2.05, 4.69) is 10.6 Å². The molecular weight excluding hydrogens is 286 g/mol. The van der Waals surface area contributed by atoms with Crippen molar-refractivity contribution in [2.75, 3.05) is 0 Å². The highest BCUT2D eigenvalue weighted by atomic mass is 35.6. The first-order valence-corrected chi connectivity index (χ1v) is 5.71. The molecule has 0 aliphatic carbocycles. The Bertz CT molecular complexity index is 392. The molecule has 1 aromatic rings. The Balaban J connectivity index is 2.75. The second-order valence-electron chi connectivity index (χ2n) is 3.10. The number of rotatable bonds is 4. The molecule has 1 unspecified atom stereocenters. The molecule has 4 nitrogen and oxygen atoms in total. The van der Waals surface area contributed by atoms with Crippen molar-refractivity contribution in [2.45, 2.75) is 9.96 Å². The summed E-state index contributed by atoms with van der Waals surface area (Å²) in [6.07, 6.45) is -0.754. The maximum Gasteiger partial charge on any atom is 0.252 e. The number of benzene rings is 1. The summed E-state index contributed by atoms with van der Waals surface area (Å²) in [7, 11) is 0. The smallest absolute Gasteiger partial charge is 0.252 e. The Kier molecular flexibility index (Phi) is 5.05. The zero-order valence-electron chi connectivity index (χ0n) is 8.49. The third-order valence-corrected chi connectivity index (χ3v) is 2.53. The average Bonchev–Trinajstić information content (AvgIpc) is 2.28. The Labute approximate surface area is 113 Å². The molecule has 7 heteroatoms. The molecule has 92 valence electrons. The van der Waals surface area contributed by atoms with Gasteiger partial charge < -0.3 is 10.6 Å². The van der Waals surface area contributed by atoms with E-state index >= 15 is 0 Å². The molecule has 0 fully saturated rings. The number of carbonyl (C=O) groups is 2. The van der Waals surface area contributed by atoms with Gasteiger partial charge in [0.2, 0.25) is 10.2 Å². The number of hydrogen-bond acceptors (Lipinski definition) is 2. The fourth-order valence-electron chi connectivity index (χ4n) is 1.09. The molecule has 0 heterocycles. The van der Waals surface area contributed by atoms with Crippen molar-refractivity contribution in [1.82, 2.24) is 10.6 Å². The summed E-state index contributed by atoms with van der Waals surface area (Å²) in [4.78, 5) is 22.1. The first kappa shape index (κ1) is 14.1. The van der Waals surface area contributed by atoms with Gasteiger partial charge in [-0.3, -0.25) is 9.59 Å². The summed E-state index contributed by atoms with van der Waals surface area (Å²) in [5.74, 6) is -0.448. The highest BCUT2D eigenvalue weighted by Gasteiger charge is 2.33. The molecule has 0 aromatic heterocycles. The van der Waals surface area contributed by atoms with Crippen LogP contribution in [0, 0.1) is 0 Å². The van der Waals surface area contributed by atoms with Gasteiger partial charge in [-0.05, 0) is 12.1 Å². The minimum absolute atomic E-state index is 0.345. The standard InChI is InChI=1S/C10H9Cl3N2O2/c11-10(12,13)9(14-6-16)15-8(17)7-4-2-1-3-5-7/h1-6,9H,(H,14,16)(H,15,17). The van der Waals surface area contributed by atoms with Gasteiger partial charge in [0.25, 0.3) is 5.91 Å². The normalized spacial score (nSPS) is 12.6. The summed E-state index contributed by atoms with van der Waals surface area (Å²) in [5, 5.41) is 4.61. The molecule has 0 bridgehead atoms. The lowest BCUT2D eigenvalue weighted by Gasteiger charge is -2.24. The molecule has 0 radical (unpaired) electrons. The van der Waals surface area contributed by atoms with E-state index in [0.29, 0.717) is 12.0 Å². The fourth-order valence-corrected chi connectivity index (χ4v) is 1.44. The summed E-state index contributed by atoms with van der Waals surface area (Å²) >= 11 is 16.8. The molecule has 0 saturated heterocycles. The highest BCUT2D eigenvalue weighted by molar-refractivity contribution is 6.68. The van der Waals surface area contributed by atoms with Gasteiger partial charge in [0.1, 0.15) is 6.17 Å². The van der Waals surface area contributed by atoms with Crippen LogP contribution in [0.25, 0.3) is 0 Å². The quantitative estimate of drug-likeness (QED) is 0.506. The maximum absolute atomic E-state index is 11.7. The number of halogens is 3. The van der Waals surface area contributed by atoms with Crippen LogP contribution in [0.4, 0.5) is 0 Å². The van der Waals surface area contributed by atoms with Crippen LogP contribution in [0.1, 0.15) is 10.4 Å². The number of alkyl halides is 3. The summed E-state index contributed by atoms with van der Waals surface area (Å²) in [5.41, 5.74) is 0.402. The second kappa shape index (κ2) is 6.10. The van der Waals surface area contributed by atoms with E-state index in [1.807, 2.05) is 0 Å². The zero-order chi connectivity index (χ0) is 12.9. The zero-order valence-corrected chi connectivity index (χ0v) is 10.8. The first-order valence-electron chi connectivity index (χ1n) is 4.57. The predicted octanol–water partition coefficient (Wildman–Crippen LogP) is 1.86. The summed E-state index contributed by atoms with van der Waals surface area (Å²) in [6, 6.07) is 8.38. The van der Waals surface area contributed by atoms with Crippen molar-refractivity contribution in [2.24, 2.45) is 0 Å². The summed E-state index contributed by atoms with van der Waals surface area (Å²) < 4.78 is -1.83. The van der Waals surface area contributed by atoms with Crippen molar-refractivity contribution >= 4 is 47.1 Å². The third kappa shape index (κ3) is 4.42. The molecular formula is C10H9Cl3N2O2. The van der Waals surface area contributed by atoms with Crippen LogP contribution in [-0.2, 0) is 4.79 Å². The van der Waals surface area contributed by atoms with Crippen LogP contribution in [0.15, 0.2) is 30.3 Å². The lowest BCUT2D eigenvalue weighted by Crippen LogP contribution is -2.52. The number of nitrogens with one attached hydrogen (secondary N) is 2. The molecule has 17 heavy (non-hydrogen) atoms. The van der Waals surface area contributed by atoms with Gasteiger partial charge in [0, 0.05) is 5.56 Å². The minimum Gasteiger partial charge on any atom is -0.335 e. The van der Waals surface area contributed by atoms with Crippen LogP contribution in [0.2, 0.25) is 0 Å². The lowest BCUT2D eigenvalue weighted by molar-refractivity contribution is -0.110. The van der Waals surface area contributed by atoms with Crippen LogP contribution in [0.5, 0.6) is 0 Å². The summed E-state index contributed by atoms with van der Waals surface area (Å²) in [6.45, 7) is 0. The van der Waals surface area contributed by atoms with Crippen molar-refractivity contribution in [3.05, 3.63) is 35.9 Å². The van der Waals surface area contributed by atoms with E-state index < -0.39 is 15.9 Å². The number of carbonyl (C=O) groups excluding carboxylic acids is 2. The van der Waals surface area contributed by atoms with E-state index in [0.717, 1.165) is 0 Å². The maximum atomic E-state index is 11.7. The molecule has 2 N–H and O–H groups in total. The number of amides is 2. The SMILES string of the molecule is O=CNC(NC(=O)c1ccccc1)C(Cl)(Cl)Cl. The van der Waals surface area contributed by atoms with Crippen LogP contribution < -0.4 is 10.6 Å². The Hall–Kier alpha value is -0.970. The van der Waals surface area contributed by atoms with Gasteiger partial charge in [-0.15, -0.1) is 0 Å². The van der Waals surface area contributed by atoms with Gasteiger partial charge in [-0.2, -0.15) is 0 Å². The van der Waals surface area contributed by atoms with Crippen LogP contribution in [0.3, 0.4) is 0 Å². The monoisotopic (exact) mass is 294 g/mol. The molecule has 2 amide bonds.